The Morgan fingerprint density at radius 1 is 1.23 bits per heavy atom. The normalized spacial score (nSPS) is 18.2. The van der Waals surface area contributed by atoms with Gasteiger partial charge in [0.05, 0.1) is 11.4 Å². The maximum atomic E-state index is 5.69. The Kier molecular flexibility index (Phi) is 1.62. The third-order valence-electron chi connectivity index (χ3n) is 2.53. The van der Waals surface area contributed by atoms with Crippen LogP contribution in [0.5, 0.6) is 0 Å². The van der Waals surface area contributed by atoms with Gasteiger partial charge in [0.2, 0.25) is 0 Å². The Labute approximate surface area is 78.1 Å². The topological polar surface area (TPSA) is 64.1 Å². The summed E-state index contributed by atoms with van der Waals surface area (Å²) in [6, 6.07) is 5.69. The highest BCUT2D eigenvalue weighted by Crippen LogP contribution is 2.38. The van der Waals surface area contributed by atoms with Gasteiger partial charge in [0, 0.05) is 11.2 Å². The first-order valence-corrected chi connectivity index (χ1v) is 4.52. The van der Waals surface area contributed by atoms with Gasteiger partial charge in [-0.25, -0.2) is 0 Å². The van der Waals surface area contributed by atoms with Gasteiger partial charge >= 0.3 is 0 Å². The Hall–Kier alpha value is -1.38. The van der Waals surface area contributed by atoms with Crippen LogP contribution in [0.25, 0.3) is 0 Å². The molecule has 70 valence electrons. The monoisotopic (exact) mass is 177 g/mol. The van der Waals surface area contributed by atoms with E-state index in [1.54, 1.807) is 0 Å². The van der Waals surface area contributed by atoms with Crippen molar-refractivity contribution in [2.75, 3.05) is 16.8 Å². The molecule has 1 aliphatic carbocycles. The number of nitrogens with one attached hydrogen (secondary N) is 1. The van der Waals surface area contributed by atoms with Crippen molar-refractivity contribution in [3.63, 3.8) is 0 Å². The van der Waals surface area contributed by atoms with E-state index in [2.05, 4.69) is 12.2 Å². The molecule has 2 rings (SSSR count). The molecular formula is C10H15N3. The average Bonchev–Trinajstić information content (AvgIpc) is 2.76. The second kappa shape index (κ2) is 2.55. The Balaban J connectivity index is 2.17. The number of nitrogens with two attached hydrogens (primary N) is 2. The van der Waals surface area contributed by atoms with Crippen molar-refractivity contribution in [3.05, 3.63) is 18.2 Å². The minimum absolute atomic E-state index is 0.294. The van der Waals surface area contributed by atoms with Crippen LogP contribution in [0.15, 0.2) is 18.2 Å². The number of benzene rings is 1. The van der Waals surface area contributed by atoms with Crippen molar-refractivity contribution in [1.29, 1.82) is 0 Å². The van der Waals surface area contributed by atoms with Crippen molar-refractivity contribution >= 4 is 17.1 Å². The molecule has 0 spiro atoms. The first kappa shape index (κ1) is 8.23. The molecule has 1 fully saturated rings. The van der Waals surface area contributed by atoms with Crippen molar-refractivity contribution in [1.82, 2.24) is 0 Å². The van der Waals surface area contributed by atoms with Crippen LogP contribution in [0.2, 0.25) is 0 Å². The number of rotatable bonds is 2. The van der Waals surface area contributed by atoms with Gasteiger partial charge in [0.15, 0.2) is 0 Å². The van der Waals surface area contributed by atoms with E-state index in [-0.39, 0.29) is 0 Å². The molecule has 0 aliphatic heterocycles. The van der Waals surface area contributed by atoms with Gasteiger partial charge in [-0.15, -0.1) is 0 Å². The van der Waals surface area contributed by atoms with Gasteiger partial charge in [-0.2, -0.15) is 0 Å². The van der Waals surface area contributed by atoms with Crippen molar-refractivity contribution < 1.29 is 0 Å². The zero-order valence-corrected chi connectivity index (χ0v) is 7.80. The van der Waals surface area contributed by atoms with Crippen molar-refractivity contribution in [2.45, 2.75) is 25.3 Å². The van der Waals surface area contributed by atoms with Crippen LogP contribution in [0, 0.1) is 0 Å². The fraction of sp³-hybridized carbons (Fsp3) is 0.400. The number of hydrogen-bond donors (Lipinski definition) is 3. The predicted octanol–water partition coefficient (Wildman–Crippen LogP) is 1.82. The molecule has 0 atom stereocenters. The Morgan fingerprint density at radius 3 is 2.46 bits per heavy atom. The average molecular weight is 177 g/mol. The summed E-state index contributed by atoms with van der Waals surface area (Å²) in [4.78, 5) is 0. The van der Waals surface area contributed by atoms with Crippen LogP contribution < -0.4 is 16.8 Å². The zero-order chi connectivity index (χ0) is 9.47. The van der Waals surface area contributed by atoms with E-state index in [9.17, 15) is 0 Å². The van der Waals surface area contributed by atoms with Gasteiger partial charge < -0.3 is 16.8 Å². The van der Waals surface area contributed by atoms with Crippen molar-refractivity contribution in [2.24, 2.45) is 0 Å². The van der Waals surface area contributed by atoms with Gasteiger partial charge in [-0.05, 0) is 38.0 Å². The van der Waals surface area contributed by atoms with Crippen LogP contribution in [0.1, 0.15) is 19.8 Å². The third-order valence-corrected chi connectivity index (χ3v) is 2.53. The first-order chi connectivity index (χ1) is 6.09. The van der Waals surface area contributed by atoms with E-state index >= 15 is 0 Å². The fourth-order valence-corrected chi connectivity index (χ4v) is 1.31. The van der Waals surface area contributed by atoms with Gasteiger partial charge in [-0.1, -0.05) is 0 Å². The molecule has 1 saturated carbocycles. The second-order valence-electron chi connectivity index (χ2n) is 4.03. The highest BCUT2D eigenvalue weighted by Gasteiger charge is 2.36. The molecule has 0 heterocycles. The largest absolute Gasteiger partial charge is 0.397 e. The molecule has 13 heavy (non-hydrogen) atoms. The maximum Gasteiger partial charge on any atom is 0.0568 e. The highest BCUT2D eigenvalue weighted by molar-refractivity contribution is 5.69. The summed E-state index contributed by atoms with van der Waals surface area (Å²) in [6.07, 6.45) is 2.47. The van der Waals surface area contributed by atoms with Crippen LogP contribution >= 0.6 is 0 Å². The molecule has 0 bridgehead atoms. The molecule has 5 N–H and O–H groups in total. The Morgan fingerprint density at radius 2 is 1.92 bits per heavy atom. The maximum absolute atomic E-state index is 5.69. The lowest BCUT2D eigenvalue weighted by atomic mass is 10.2. The summed E-state index contributed by atoms with van der Waals surface area (Å²) in [5, 5.41) is 3.42. The van der Waals surface area contributed by atoms with E-state index in [4.69, 9.17) is 11.5 Å². The zero-order valence-electron chi connectivity index (χ0n) is 7.80. The minimum Gasteiger partial charge on any atom is -0.397 e. The summed E-state index contributed by atoms with van der Waals surface area (Å²) in [6.45, 7) is 2.21. The van der Waals surface area contributed by atoms with Crippen molar-refractivity contribution in [3.8, 4) is 0 Å². The predicted molar refractivity (Wildman–Crippen MR) is 56.5 cm³/mol. The lowest BCUT2D eigenvalue weighted by molar-refractivity contribution is 0.829. The molecule has 1 aromatic carbocycles. The fourth-order valence-electron chi connectivity index (χ4n) is 1.31. The van der Waals surface area contributed by atoms with Gasteiger partial charge in [-0.3, -0.25) is 0 Å². The van der Waals surface area contributed by atoms with Gasteiger partial charge in [0.1, 0.15) is 0 Å². The number of anilines is 3. The number of hydrogen-bond acceptors (Lipinski definition) is 3. The minimum atomic E-state index is 0.294. The molecule has 3 heteroatoms. The smallest absolute Gasteiger partial charge is 0.0568 e. The summed E-state index contributed by atoms with van der Waals surface area (Å²) in [5.41, 5.74) is 14.0. The quantitative estimate of drug-likeness (QED) is 0.604. The molecule has 0 radical (unpaired) electrons. The second-order valence-corrected chi connectivity index (χ2v) is 4.03. The highest BCUT2D eigenvalue weighted by atomic mass is 15.0. The lowest BCUT2D eigenvalue weighted by Gasteiger charge is -2.13. The summed E-state index contributed by atoms with van der Waals surface area (Å²) >= 11 is 0. The van der Waals surface area contributed by atoms with E-state index in [1.165, 1.54) is 12.8 Å². The standard InChI is InChI=1S/C10H15N3/c1-10(4-5-10)13-7-2-3-8(11)9(12)6-7/h2-3,6,13H,4-5,11-12H2,1H3. The summed E-state index contributed by atoms with van der Waals surface area (Å²) < 4.78 is 0. The molecule has 0 unspecified atom stereocenters. The number of nitrogen functional groups attached to an aromatic ring is 2. The first-order valence-electron chi connectivity index (χ1n) is 4.52. The van der Waals surface area contributed by atoms with Crippen LogP contribution in [0.4, 0.5) is 17.1 Å². The van der Waals surface area contributed by atoms with Crippen LogP contribution in [-0.2, 0) is 0 Å². The molecule has 1 aromatic rings. The van der Waals surface area contributed by atoms with E-state index in [0.29, 0.717) is 16.9 Å². The van der Waals surface area contributed by atoms with E-state index in [0.717, 1.165) is 5.69 Å². The van der Waals surface area contributed by atoms with Gasteiger partial charge in [0.25, 0.3) is 0 Å². The molecule has 3 nitrogen and oxygen atoms in total. The lowest BCUT2D eigenvalue weighted by Crippen LogP contribution is -2.15. The molecule has 0 aromatic heterocycles. The summed E-state index contributed by atoms with van der Waals surface area (Å²) in [7, 11) is 0. The third kappa shape index (κ3) is 1.69. The molecular weight excluding hydrogens is 162 g/mol. The summed E-state index contributed by atoms with van der Waals surface area (Å²) in [5.74, 6) is 0. The molecule has 0 saturated heterocycles. The SMILES string of the molecule is CC1(Nc2ccc(N)c(N)c2)CC1. The van der Waals surface area contributed by atoms with Crippen LogP contribution in [-0.4, -0.2) is 5.54 Å². The molecule has 1 aliphatic rings. The van der Waals surface area contributed by atoms with E-state index in [1.807, 2.05) is 18.2 Å². The molecule has 0 amide bonds. The van der Waals surface area contributed by atoms with Crippen LogP contribution in [0.3, 0.4) is 0 Å². The Bertz CT molecular complexity index is 329. The van der Waals surface area contributed by atoms with E-state index < -0.39 is 0 Å².